The summed E-state index contributed by atoms with van der Waals surface area (Å²) >= 11 is 0. The lowest BCUT2D eigenvalue weighted by Crippen LogP contribution is -2.21. The number of aryl methyl sites for hydroxylation is 2. The molecule has 0 fully saturated rings. The highest BCUT2D eigenvalue weighted by molar-refractivity contribution is 5.73. The third kappa shape index (κ3) is 3.51. The van der Waals surface area contributed by atoms with Crippen molar-refractivity contribution in [1.29, 1.82) is 0 Å². The quantitative estimate of drug-likeness (QED) is 0.894. The van der Waals surface area contributed by atoms with Crippen LogP contribution in [-0.2, 0) is 6.54 Å². The van der Waals surface area contributed by atoms with Gasteiger partial charge in [0, 0.05) is 30.5 Å². The van der Waals surface area contributed by atoms with Crippen LogP contribution in [0.5, 0.6) is 0 Å². The number of rotatable bonds is 4. The highest BCUT2D eigenvalue weighted by atomic mass is 14.9. The highest BCUT2D eigenvalue weighted by Crippen LogP contribution is 2.31. The van der Waals surface area contributed by atoms with Crippen molar-refractivity contribution in [3.8, 4) is 11.1 Å². The molecule has 1 aromatic heterocycles. The average molecular weight is 282 g/mol. The maximum Gasteiger partial charge on any atom is 0.0346 e. The molecule has 0 saturated carbocycles. The van der Waals surface area contributed by atoms with E-state index in [1.54, 1.807) is 0 Å². The highest BCUT2D eigenvalue weighted by Gasteiger charge is 2.11. The normalized spacial score (nSPS) is 11.2. The molecule has 2 aromatic rings. The van der Waals surface area contributed by atoms with Crippen LogP contribution in [0, 0.1) is 27.7 Å². The van der Waals surface area contributed by atoms with E-state index in [1.165, 1.54) is 38.9 Å². The molecule has 0 aliphatic rings. The molecule has 0 atom stereocenters. The fourth-order valence-corrected chi connectivity index (χ4v) is 2.69. The number of nitrogens with one attached hydrogen (secondary N) is 1. The minimum Gasteiger partial charge on any atom is -0.310 e. The van der Waals surface area contributed by atoms with Crippen LogP contribution in [-0.4, -0.2) is 11.0 Å². The minimum atomic E-state index is 0.485. The summed E-state index contributed by atoms with van der Waals surface area (Å²) < 4.78 is 0. The summed E-state index contributed by atoms with van der Waals surface area (Å²) in [7, 11) is 0. The van der Waals surface area contributed by atoms with Gasteiger partial charge in [-0.2, -0.15) is 0 Å². The summed E-state index contributed by atoms with van der Waals surface area (Å²) in [5, 5.41) is 3.45. The monoisotopic (exact) mass is 282 g/mol. The van der Waals surface area contributed by atoms with E-state index in [2.05, 4.69) is 64.0 Å². The number of hydrogen-bond acceptors (Lipinski definition) is 2. The molecule has 0 aliphatic carbocycles. The van der Waals surface area contributed by atoms with Crippen LogP contribution in [0.4, 0.5) is 0 Å². The largest absolute Gasteiger partial charge is 0.310 e. The lowest BCUT2D eigenvalue weighted by molar-refractivity contribution is 0.588. The summed E-state index contributed by atoms with van der Waals surface area (Å²) in [5.41, 5.74) is 9.20. The molecule has 1 heterocycles. The second-order valence-corrected chi connectivity index (χ2v) is 6.25. The topological polar surface area (TPSA) is 24.9 Å². The number of nitrogens with zero attached hydrogens (tertiary/aromatic N) is 1. The molecule has 0 bridgehead atoms. The van der Waals surface area contributed by atoms with Crippen molar-refractivity contribution in [3.63, 3.8) is 0 Å². The van der Waals surface area contributed by atoms with Crippen molar-refractivity contribution in [3.05, 3.63) is 52.3 Å². The van der Waals surface area contributed by atoms with Crippen molar-refractivity contribution < 1.29 is 0 Å². The molecule has 0 radical (unpaired) electrons. The van der Waals surface area contributed by atoms with Gasteiger partial charge in [-0.1, -0.05) is 19.9 Å². The van der Waals surface area contributed by atoms with Gasteiger partial charge in [0.25, 0.3) is 0 Å². The Kier molecular flexibility index (Phi) is 4.79. The zero-order chi connectivity index (χ0) is 15.6. The van der Waals surface area contributed by atoms with E-state index >= 15 is 0 Å². The van der Waals surface area contributed by atoms with Crippen molar-refractivity contribution in [2.24, 2.45) is 0 Å². The number of pyridine rings is 1. The fourth-order valence-electron chi connectivity index (χ4n) is 2.69. The molecule has 21 heavy (non-hydrogen) atoms. The van der Waals surface area contributed by atoms with Crippen LogP contribution >= 0.6 is 0 Å². The van der Waals surface area contributed by atoms with Crippen LogP contribution < -0.4 is 5.32 Å². The molecular weight excluding hydrogens is 256 g/mol. The lowest BCUT2D eigenvalue weighted by atomic mass is 9.90. The standard InChI is InChI=1S/C19H26N2/c1-12(2)21-10-17-8-18(11-20-9-17)19-15(5)13(3)7-14(4)16(19)6/h7-9,11-12,21H,10H2,1-6H3. The van der Waals surface area contributed by atoms with Crippen LogP contribution in [0.2, 0.25) is 0 Å². The Morgan fingerprint density at radius 1 is 0.952 bits per heavy atom. The molecular formula is C19H26N2. The van der Waals surface area contributed by atoms with Crippen molar-refractivity contribution >= 4 is 0 Å². The minimum absolute atomic E-state index is 0.485. The van der Waals surface area contributed by atoms with E-state index in [0.29, 0.717) is 6.04 Å². The summed E-state index contributed by atoms with van der Waals surface area (Å²) in [4.78, 5) is 4.44. The van der Waals surface area contributed by atoms with Gasteiger partial charge in [0.05, 0.1) is 0 Å². The van der Waals surface area contributed by atoms with Crippen molar-refractivity contribution in [2.45, 2.75) is 54.1 Å². The molecule has 1 aromatic carbocycles. The van der Waals surface area contributed by atoms with E-state index < -0.39 is 0 Å². The molecule has 0 unspecified atom stereocenters. The van der Waals surface area contributed by atoms with Gasteiger partial charge in [0.1, 0.15) is 0 Å². The fraction of sp³-hybridized carbons (Fsp3) is 0.421. The van der Waals surface area contributed by atoms with Crippen LogP contribution in [0.15, 0.2) is 24.5 Å². The molecule has 1 N–H and O–H groups in total. The van der Waals surface area contributed by atoms with Gasteiger partial charge >= 0.3 is 0 Å². The Hall–Kier alpha value is -1.67. The summed E-state index contributed by atoms with van der Waals surface area (Å²) in [6, 6.07) is 5.01. The molecule has 112 valence electrons. The Labute approximate surface area is 128 Å². The van der Waals surface area contributed by atoms with E-state index in [4.69, 9.17) is 0 Å². The third-order valence-electron chi connectivity index (χ3n) is 4.16. The van der Waals surface area contributed by atoms with Gasteiger partial charge in [-0.15, -0.1) is 0 Å². The summed E-state index contributed by atoms with van der Waals surface area (Å²) in [5.74, 6) is 0. The van der Waals surface area contributed by atoms with Gasteiger partial charge in [-0.25, -0.2) is 0 Å². The van der Waals surface area contributed by atoms with Gasteiger partial charge < -0.3 is 5.32 Å². The average Bonchev–Trinajstić information content (AvgIpc) is 2.44. The summed E-state index contributed by atoms with van der Waals surface area (Å²) in [6.07, 6.45) is 3.93. The predicted molar refractivity (Wildman–Crippen MR) is 90.6 cm³/mol. The maximum absolute atomic E-state index is 4.44. The molecule has 0 amide bonds. The van der Waals surface area contributed by atoms with Gasteiger partial charge in [-0.05, 0) is 67.1 Å². The molecule has 0 saturated heterocycles. The lowest BCUT2D eigenvalue weighted by Gasteiger charge is -2.16. The SMILES string of the molecule is Cc1cc(C)c(C)c(-c2cncc(CNC(C)C)c2)c1C. The Balaban J connectivity index is 2.45. The maximum atomic E-state index is 4.44. The van der Waals surface area contributed by atoms with E-state index in [9.17, 15) is 0 Å². The first-order valence-corrected chi connectivity index (χ1v) is 7.65. The second-order valence-electron chi connectivity index (χ2n) is 6.25. The predicted octanol–water partition coefficient (Wildman–Crippen LogP) is 4.48. The smallest absolute Gasteiger partial charge is 0.0346 e. The first-order chi connectivity index (χ1) is 9.90. The zero-order valence-electron chi connectivity index (χ0n) is 14.0. The molecule has 2 nitrogen and oxygen atoms in total. The van der Waals surface area contributed by atoms with Crippen molar-refractivity contribution in [2.75, 3.05) is 0 Å². The number of aromatic nitrogens is 1. The van der Waals surface area contributed by atoms with Crippen LogP contribution in [0.3, 0.4) is 0 Å². The number of hydrogen-bond donors (Lipinski definition) is 1. The summed E-state index contributed by atoms with van der Waals surface area (Å²) in [6.45, 7) is 14.0. The van der Waals surface area contributed by atoms with Crippen LogP contribution in [0.25, 0.3) is 11.1 Å². The third-order valence-corrected chi connectivity index (χ3v) is 4.16. The second kappa shape index (κ2) is 6.40. The van der Waals surface area contributed by atoms with E-state index in [0.717, 1.165) is 6.54 Å². The van der Waals surface area contributed by atoms with Gasteiger partial charge in [0.15, 0.2) is 0 Å². The molecule has 0 spiro atoms. The Morgan fingerprint density at radius 3 is 2.14 bits per heavy atom. The molecule has 2 heteroatoms. The zero-order valence-corrected chi connectivity index (χ0v) is 14.0. The Bertz CT molecular complexity index is 616. The molecule has 0 aliphatic heterocycles. The number of benzene rings is 1. The van der Waals surface area contributed by atoms with Crippen molar-refractivity contribution in [1.82, 2.24) is 10.3 Å². The molecule has 2 rings (SSSR count). The first kappa shape index (κ1) is 15.7. The van der Waals surface area contributed by atoms with Crippen LogP contribution in [0.1, 0.15) is 41.7 Å². The van der Waals surface area contributed by atoms with E-state index in [1.807, 2.05) is 12.4 Å². The first-order valence-electron chi connectivity index (χ1n) is 7.65. The van der Waals surface area contributed by atoms with Gasteiger partial charge in [-0.3, -0.25) is 4.98 Å². The Morgan fingerprint density at radius 2 is 1.57 bits per heavy atom. The van der Waals surface area contributed by atoms with E-state index in [-0.39, 0.29) is 0 Å². The van der Waals surface area contributed by atoms with Gasteiger partial charge in [0.2, 0.25) is 0 Å².